The van der Waals surface area contributed by atoms with Crippen molar-refractivity contribution in [3.8, 4) is 28.7 Å². The van der Waals surface area contributed by atoms with Crippen molar-refractivity contribution in [2.45, 2.75) is 17.9 Å². The zero-order valence-corrected chi connectivity index (χ0v) is 18.7. The highest BCUT2D eigenvalue weighted by molar-refractivity contribution is 7.99. The van der Waals surface area contributed by atoms with Gasteiger partial charge in [-0.3, -0.25) is 4.79 Å². The number of alkyl halides is 3. The van der Waals surface area contributed by atoms with E-state index in [-0.39, 0.29) is 17.4 Å². The zero-order chi connectivity index (χ0) is 24.3. The lowest BCUT2D eigenvalue weighted by atomic mass is 10.1. The molecule has 4 aromatic rings. The molecule has 2 aromatic heterocycles. The number of carbonyl (C=O) groups is 1. The molecule has 0 amide bonds. The molecule has 0 aliphatic heterocycles. The van der Waals surface area contributed by atoms with E-state index in [9.17, 15) is 18.0 Å². The van der Waals surface area contributed by atoms with Gasteiger partial charge in [-0.15, -0.1) is 10.2 Å². The van der Waals surface area contributed by atoms with Crippen molar-refractivity contribution in [2.75, 3.05) is 5.75 Å². The third-order valence-corrected chi connectivity index (χ3v) is 5.68. The van der Waals surface area contributed by atoms with Gasteiger partial charge >= 0.3 is 12.1 Å². The van der Waals surface area contributed by atoms with Crippen LogP contribution < -0.4 is 4.74 Å². The molecular weight excluding hydrogens is 495 g/mol. The van der Waals surface area contributed by atoms with Crippen molar-refractivity contribution in [1.29, 1.82) is 0 Å². The average molecular weight is 510 g/mol. The number of benzene rings is 2. The van der Waals surface area contributed by atoms with E-state index in [0.29, 0.717) is 39.4 Å². The van der Waals surface area contributed by atoms with Crippen molar-refractivity contribution in [3.63, 3.8) is 0 Å². The highest BCUT2D eigenvalue weighted by Gasteiger charge is 2.33. The number of carboxylic acid groups (broad SMARTS) is 1. The highest BCUT2D eigenvalue weighted by atomic mass is 35.5. The standard InChI is InChI=1S/C22H15ClF3N3O4S/c23-16-5-4-12(8-15(16)22(24,25)26)10-32-14-3-1-2-13(9-14)17-6-7-18(33-17)20-27-21(29-28-20)34-11-19(30)31/h1-9H,10-11H2,(H,30,31)(H,27,28,29). The Balaban J connectivity index is 1.46. The number of hydrogen-bond acceptors (Lipinski definition) is 6. The van der Waals surface area contributed by atoms with Crippen molar-refractivity contribution in [3.05, 3.63) is 70.7 Å². The SMILES string of the molecule is O=C(O)CSc1nnc(-c2ccc(-c3cccc(OCc4ccc(Cl)c(C(F)(F)F)c4)c3)o2)[nH]1. The summed E-state index contributed by atoms with van der Waals surface area (Å²) >= 11 is 6.65. The molecule has 12 heteroatoms. The maximum absolute atomic E-state index is 13.1. The van der Waals surface area contributed by atoms with Gasteiger partial charge in [0.25, 0.3) is 0 Å². The number of aromatic amines is 1. The van der Waals surface area contributed by atoms with Crippen LogP contribution in [0.3, 0.4) is 0 Å². The van der Waals surface area contributed by atoms with Crippen LogP contribution in [0.5, 0.6) is 5.75 Å². The number of halogens is 4. The molecule has 7 nitrogen and oxygen atoms in total. The molecule has 0 aliphatic rings. The molecule has 0 spiro atoms. The molecule has 0 bridgehead atoms. The number of ether oxygens (including phenoxy) is 1. The summed E-state index contributed by atoms with van der Waals surface area (Å²) in [7, 11) is 0. The Kier molecular flexibility index (Phi) is 6.85. The molecule has 0 fully saturated rings. The lowest BCUT2D eigenvalue weighted by Crippen LogP contribution is -2.07. The number of aliphatic carboxylic acids is 1. The van der Waals surface area contributed by atoms with Crippen LogP contribution in [-0.2, 0) is 17.6 Å². The molecule has 2 aromatic carbocycles. The van der Waals surface area contributed by atoms with E-state index >= 15 is 0 Å². The average Bonchev–Trinajstić information content (AvgIpc) is 3.46. The third-order valence-electron chi connectivity index (χ3n) is 4.50. The fourth-order valence-corrected chi connectivity index (χ4v) is 3.71. The van der Waals surface area contributed by atoms with Crippen LogP contribution in [0.1, 0.15) is 11.1 Å². The molecule has 0 atom stereocenters. The molecule has 2 N–H and O–H groups in total. The van der Waals surface area contributed by atoms with Gasteiger partial charge in [0.05, 0.1) is 16.3 Å². The van der Waals surface area contributed by atoms with E-state index in [1.54, 1.807) is 36.4 Å². The molecule has 0 unspecified atom stereocenters. The molecule has 0 saturated heterocycles. The lowest BCUT2D eigenvalue weighted by molar-refractivity contribution is -0.137. The maximum atomic E-state index is 13.1. The van der Waals surface area contributed by atoms with E-state index in [1.807, 2.05) is 0 Å². The fraction of sp³-hybridized carbons (Fsp3) is 0.136. The Morgan fingerprint density at radius 3 is 2.68 bits per heavy atom. The summed E-state index contributed by atoms with van der Waals surface area (Å²) in [6.07, 6.45) is -4.55. The van der Waals surface area contributed by atoms with Crippen LogP contribution in [0, 0.1) is 0 Å². The summed E-state index contributed by atoms with van der Waals surface area (Å²) in [5.74, 6) is 0.556. The number of hydrogen-bond donors (Lipinski definition) is 2. The number of furan rings is 1. The second kappa shape index (κ2) is 9.82. The van der Waals surface area contributed by atoms with Crippen molar-refractivity contribution in [1.82, 2.24) is 15.2 Å². The van der Waals surface area contributed by atoms with Gasteiger partial charge in [0.1, 0.15) is 18.1 Å². The Labute approximate surface area is 199 Å². The van der Waals surface area contributed by atoms with Crippen LogP contribution in [0.2, 0.25) is 5.02 Å². The minimum atomic E-state index is -4.55. The number of rotatable bonds is 8. The smallest absolute Gasteiger partial charge is 0.417 e. The highest BCUT2D eigenvalue weighted by Crippen LogP contribution is 2.35. The van der Waals surface area contributed by atoms with Gasteiger partial charge in [-0.2, -0.15) is 13.2 Å². The van der Waals surface area contributed by atoms with Crippen LogP contribution >= 0.6 is 23.4 Å². The molecule has 0 aliphatic carbocycles. The third kappa shape index (κ3) is 5.72. The number of H-pyrrole nitrogens is 1. The molecule has 4 rings (SSSR count). The number of thioether (sulfide) groups is 1. The fourth-order valence-electron chi connectivity index (χ4n) is 2.96. The topological polar surface area (TPSA) is 101 Å². The summed E-state index contributed by atoms with van der Waals surface area (Å²) in [6, 6.07) is 13.9. The quantitative estimate of drug-likeness (QED) is 0.274. The van der Waals surface area contributed by atoms with Crippen LogP contribution in [0.4, 0.5) is 13.2 Å². The van der Waals surface area contributed by atoms with E-state index < -0.39 is 17.7 Å². The second-order valence-electron chi connectivity index (χ2n) is 6.95. The molecular formula is C22H15ClF3N3O4S. The largest absolute Gasteiger partial charge is 0.489 e. The van der Waals surface area contributed by atoms with Gasteiger partial charge in [0, 0.05) is 5.56 Å². The number of carboxylic acids is 1. The normalized spacial score (nSPS) is 11.5. The summed E-state index contributed by atoms with van der Waals surface area (Å²) in [5.41, 5.74) is 0.0872. The number of aromatic nitrogens is 3. The maximum Gasteiger partial charge on any atom is 0.417 e. The first-order valence-corrected chi connectivity index (χ1v) is 11.0. The predicted octanol–water partition coefficient (Wildman–Crippen LogP) is 6.16. The van der Waals surface area contributed by atoms with Crippen molar-refractivity contribution >= 4 is 29.3 Å². The van der Waals surface area contributed by atoms with Crippen LogP contribution in [-0.4, -0.2) is 32.0 Å². The van der Waals surface area contributed by atoms with E-state index in [2.05, 4.69) is 15.2 Å². The molecule has 0 radical (unpaired) electrons. The number of nitrogens with zero attached hydrogens (tertiary/aromatic N) is 2. The molecule has 0 saturated carbocycles. The Morgan fingerprint density at radius 1 is 1.12 bits per heavy atom. The van der Waals surface area contributed by atoms with Gasteiger partial charge < -0.3 is 19.2 Å². The first-order chi connectivity index (χ1) is 16.2. The monoisotopic (exact) mass is 509 g/mol. The minimum absolute atomic E-state index is 0.0814. The van der Waals surface area contributed by atoms with Gasteiger partial charge in [0.15, 0.2) is 16.7 Å². The van der Waals surface area contributed by atoms with Crippen LogP contribution in [0.25, 0.3) is 22.9 Å². The van der Waals surface area contributed by atoms with Gasteiger partial charge in [-0.25, -0.2) is 0 Å². The van der Waals surface area contributed by atoms with Crippen molar-refractivity contribution < 1.29 is 32.2 Å². The Hall–Kier alpha value is -3.44. The Morgan fingerprint density at radius 2 is 1.91 bits per heavy atom. The van der Waals surface area contributed by atoms with Crippen molar-refractivity contribution in [2.24, 2.45) is 0 Å². The summed E-state index contributed by atoms with van der Waals surface area (Å²) < 4.78 is 50.7. The first kappa shape index (κ1) is 23.7. The summed E-state index contributed by atoms with van der Waals surface area (Å²) in [6.45, 7) is -0.0814. The van der Waals surface area contributed by atoms with E-state index in [0.717, 1.165) is 17.8 Å². The zero-order valence-electron chi connectivity index (χ0n) is 17.1. The van der Waals surface area contributed by atoms with Gasteiger partial charge in [0.2, 0.25) is 0 Å². The summed E-state index contributed by atoms with van der Waals surface area (Å²) in [5, 5.41) is 16.6. The molecule has 34 heavy (non-hydrogen) atoms. The lowest BCUT2D eigenvalue weighted by Gasteiger charge is -2.12. The molecule has 176 valence electrons. The van der Waals surface area contributed by atoms with E-state index in [1.165, 1.54) is 12.1 Å². The van der Waals surface area contributed by atoms with Crippen LogP contribution in [0.15, 0.2) is 64.2 Å². The van der Waals surface area contributed by atoms with E-state index in [4.69, 9.17) is 25.9 Å². The Bertz CT molecular complexity index is 1320. The minimum Gasteiger partial charge on any atom is -0.489 e. The first-order valence-electron chi connectivity index (χ1n) is 9.65. The van der Waals surface area contributed by atoms with Gasteiger partial charge in [-0.1, -0.05) is 41.6 Å². The summed E-state index contributed by atoms with van der Waals surface area (Å²) in [4.78, 5) is 13.6. The number of nitrogens with one attached hydrogen (secondary N) is 1. The second-order valence-corrected chi connectivity index (χ2v) is 8.32. The predicted molar refractivity (Wildman–Crippen MR) is 119 cm³/mol. The van der Waals surface area contributed by atoms with Gasteiger partial charge in [-0.05, 0) is 42.0 Å². The molecule has 2 heterocycles.